The summed E-state index contributed by atoms with van der Waals surface area (Å²) < 4.78 is 12.1. The van der Waals surface area contributed by atoms with Crippen molar-refractivity contribution < 1.29 is 14.3 Å². The van der Waals surface area contributed by atoms with Crippen molar-refractivity contribution in [1.82, 2.24) is 5.32 Å². The summed E-state index contributed by atoms with van der Waals surface area (Å²) in [6.45, 7) is 7.40. The highest BCUT2D eigenvalue weighted by Crippen LogP contribution is 2.28. The van der Waals surface area contributed by atoms with E-state index in [4.69, 9.17) is 9.47 Å². The van der Waals surface area contributed by atoms with Gasteiger partial charge in [0.15, 0.2) is 11.5 Å². The lowest BCUT2D eigenvalue weighted by Gasteiger charge is -2.13. The highest BCUT2D eigenvalue weighted by molar-refractivity contribution is 9.10. The molecule has 0 aliphatic heterocycles. The second kappa shape index (κ2) is 9.62. The normalized spacial score (nSPS) is 10.7. The Hall–Kier alpha value is -2.01. The van der Waals surface area contributed by atoms with Crippen LogP contribution in [0.1, 0.15) is 41.8 Å². The van der Waals surface area contributed by atoms with Crippen molar-refractivity contribution >= 4 is 21.8 Å². The molecule has 0 aliphatic rings. The Kier molecular flexibility index (Phi) is 7.51. The lowest BCUT2D eigenvalue weighted by atomic mass is 10.1. The third-order valence-electron chi connectivity index (χ3n) is 4.07. The lowest BCUT2D eigenvalue weighted by molar-refractivity contribution is 0.0951. The third-order valence-corrected chi connectivity index (χ3v) is 4.92. The van der Waals surface area contributed by atoms with E-state index < -0.39 is 0 Å². The third kappa shape index (κ3) is 5.77. The molecule has 1 amide bonds. The van der Waals surface area contributed by atoms with Gasteiger partial charge in [0.25, 0.3) is 5.91 Å². The SMILES string of the molecule is COc1cc(CNC(=O)c2ccc(C)c(Br)c2)ccc1OCCC(C)C. The van der Waals surface area contributed by atoms with E-state index in [0.717, 1.165) is 27.8 Å². The summed E-state index contributed by atoms with van der Waals surface area (Å²) >= 11 is 3.46. The molecule has 0 aliphatic carbocycles. The zero-order chi connectivity index (χ0) is 19.1. The van der Waals surface area contributed by atoms with Crippen LogP contribution in [-0.4, -0.2) is 19.6 Å². The van der Waals surface area contributed by atoms with Crippen LogP contribution in [0.4, 0.5) is 0 Å². The molecule has 2 aromatic carbocycles. The lowest BCUT2D eigenvalue weighted by Crippen LogP contribution is -2.22. The smallest absolute Gasteiger partial charge is 0.251 e. The number of carbonyl (C=O) groups is 1. The number of halogens is 1. The summed E-state index contributed by atoms with van der Waals surface area (Å²) in [7, 11) is 1.62. The van der Waals surface area contributed by atoms with E-state index in [-0.39, 0.29) is 5.91 Å². The number of aryl methyl sites for hydroxylation is 1. The molecule has 0 bridgehead atoms. The molecule has 0 unspecified atom stereocenters. The molecular weight excluding hydrogens is 394 g/mol. The molecule has 2 rings (SSSR count). The maximum Gasteiger partial charge on any atom is 0.251 e. The highest BCUT2D eigenvalue weighted by atomic mass is 79.9. The van der Waals surface area contributed by atoms with Crippen LogP contribution in [0.2, 0.25) is 0 Å². The van der Waals surface area contributed by atoms with Crippen molar-refractivity contribution in [2.24, 2.45) is 5.92 Å². The summed E-state index contributed by atoms with van der Waals surface area (Å²) in [6, 6.07) is 11.3. The Balaban J connectivity index is 1.98. The number of ether oxygens (including phenoxy) is 2. The molecule has 4 nitrogen and oxygen atoms in total. The Morgan fingerprint density at radius 1 is 1.15 bits per heavy atom. The van der Waals surface area contributed by atoms with Crippen LogP contribution >= 0.6 is 15.9 Å². The molecule has 0 heterocycles. The fourth-order valence-corrected chi connectivity index (χ4v) is 2.74. The minimum Gasteiger partial charge on any atom is -0.493 e. The summed E-state index contributed by atoms with van der Waals surface area (Å²) in [5, 5.41) is 2.93. The quantitative estimate of drug-likeness (QED) is 0.645. The van der Waals surface area contributed by atoms with E-state index in [1.54, 1.807) is 7.11 Å². The molecule has 2 aromatic rings. The Morgan fingerprint density at radius 3 is 2.58 bits per heavy atom. The Morgan fingerprint density at radius 2 is 1.92 bits per heavy atom. The van der Waals surface area contributed by atoms with E-state index in [1.165, 1.54) is 0 Å². The van der Waals surface area contributed by atoms with Crippen LogP contribution in [0, 0.1) is 12.8 Å². The predicted octanol–water partition coefficient (Wildman–Crippen LogP) is 5.12. The highest BCUT2D eigenvalue weighted by Gasteiger charge is 2.10. The second-order valence-corrected chi connectivity index (χ2v) is 7.52. The molecule has 1 N–H and O–H groups in total. The molecule has 26 heavy (non-hydrogen) atoms. The van der Waals surface area contributed by atoms with Crippen LogP contribution in [-0.2, 0) is 6.54 Å². The number of benzene rings is 2. The minimum atomic E-state index is -0.109. The monoisotopic (exact) mass is 419 g/mol. The Labute approximate surface area is 164 Å². The molecule has 0 spiro atoms. The van der Waals surface area contributed by atoms with Crippen molar-refractivity contribution in [3.8, 4) is 11.5 Å². The molecular formula is C21H26BrNO3. The molecule has 0 saturated heterocycles. The summed E-state index contributed by atoms with van der Waals surface area (Å²) in [4.78, 5) is 12.3. The number of amides is 1. The average Bonchev–Trinajstić information content (AvgIpc) is 2.62. The first-order chi connectivity index (χ1) is 12.4. The summed E-state index contributed by atoms with van der Waals surface area (Å²) in [5.74, 6) is 1.89. The minimum absolute atomic E-state index is 0.109. The first-order valence-corrected chi connectivity index (χ1v) is 9.54. The van der Waals surface area contributed by atoms with Crippen LogP contribution in [0.3, 0.4) is 0 Å². The first kappa shape index (κ1) is 20.3. The van der Waals surface area contributed by atoms with Crippen molar-refractivity contribution in [2.75, 3.05) is 13.7 Å². The fourth-order valence-electron chi connectivity index (χ4n) is 2.36. The summed E-state index contributed by atoms with van der Waals surface area (Å²) in [6.07, 6.45) is 0.993. The molecule has 0 atom stereocenters. The number of methoxy groups -OCH3 is 1. The van der Waals surface area contributed by atoms with E-state index in [0.29, 0.717) is 30.4 Å². The first-order valence-electron chi connectivity index (χ1n) is 8.74. The van der Waals surface area contributed by atoms with Crippen LogP contribution in [0.25, 0.3) is 0 Å². The van der Waals surface area contributed by atoms with Crippen molar-refractivity contribution in [3.63, 3.8) is 0 Å². The topological polar surface area (TPSA) is 47.6 Å². The van der Waals surface area contributed by atoms with Gasteiger partial charge in [-0.15, -0.1) is 0 Å². The predicted molar refractivity (Wildman–Crippen MR) is 108 cm³/mol. The van der Waals surface area contributed by atoms with Gasteiger partial charge in [-0.05, 0) is 54.7 Å². The number of hydrogen-bond donors (Lipinski definition) is 1. The van der Waals surface area contributed by atoms with Gasteiger partial charge in [0.05, 0.1) is 13.7 Å². The summed E-state index contributed by atoms with van der Waals surface area (Å²) in [5.41, 5.74) is 2.68. The largest absolute Gasteiger partial charge is 0.493 e. The van der Waals surface area contributed by atoms with Gasteiger partial charge in [-0.2, -0.15) is 0 Å². The van der Waals surface area contributed by atoms with E-state index in [9.17, 15) is 4.79 Å². The van der Waals surface area contributed by atoms with Gasteiger partial charge in [0.1, 0.15) is 0 Å². The van der Waals surface area contributed by atoms with Crippen LogP contribution < -0.4 is 14.8 Å². The number of carbonyl (C=O) groups excluding carboxylic acids is 1. The van der Waals surface area contributed by atoms with Gasteiger partial charge in [0.2, 0.25) is 0 Å². The van der Waals surface area contributed by atoms with Crippen molar-refractivity contribution in [3.05, 3.63) is 57.6 Å². The van der Waals surface area contributed by atoms with Crippen LogP contribution in [0.5, 0.6) is 11.5 Å². The second-order valence-electron chi connectivity index (χ2n) is 6.66. The van der Waals surface area contributed by atoms with E-state index in [1.807, 2.05) is 43.3 Å². The standard InChI is InChI=1S/C21H26BrNO3/c1-14(2)9-10-26-19-8-6-16(11-20(19)25-4)13-23-21(24)17-7-5-15(3)18(22)12-17/h5-8,11-12,14H,9-10,13H2,1-4H3,(H,23,24). The molecule has 0 saturated carbocycles. The van der Waals surface area contributed by atoms with Gasteiger partial charge in [-0.3, -0.25) is 4.79 Å². The number of nitrogens with one attached hydrogen (secondary N) is 1. The maximum atomic E-state index is 12.3. The fraction of sp³-hybridized carbons (Fsp3) is 0.381. The van der Waals surface area contributed by atoms with Gasteiger partial charge in [-0.1, -0.05) is 41.9 Å². The molecule has 0 aromatic heterocycles. The number of rotatable bonds is 8. The van der Waals surface area contributed by atoms with E-state index in [2.05, 4.69) is 35.1 Å². The molecule has 5 heteroatoms. The molecule has 0 fully saturated rings. The van der Waals surface area contributed by atoms with Gasteiger partial charge >= 0.3 is 0 Å². The van der Waals surface area contributed by atoms with Crippen molar-refractivity contribution in [2.45, 2.75) is 33.7 Å². The number of hydrogen-bond acceptors (Lipinski definition) is 3. The van der Waals surface area contributed by atoms with Crippen LogP contribution in [0.15, 0.2) is 40.9 Å². The molecule has 0 radical (unpaired) electrons. The Bertz CT molecular complexity index is 759. The zero-order valence-electron chi connectivity index (χ0n) is 15.8. The van der Waals surface area contributed by atoms with Gasteiger partial charge in [0, 0.05) is 16.6 Å². The van der Waals surface area contributed by atoms with Crippen molar-refractivity contribution in [1.29, 1.82) is 0 Å². The molecule has 140 valence electrons. The average molecular weight is 420 g/mol. The van der Waals surface area contributed by atoms with Gasteiger partial charge in [-0.25, -0.2) is 0 Å². The zero-order valence-corrected chi connectivity index (χ0v) is 17.4. The van der Waals surface area contributed by atoms with E-state index >= 15 is 0 Å². The van der Waals surface area contributed by atoms with Gasteiger partial charge < -0.3 is 14.8 Å². The maximum absolute atomic E-state index is 12.3.